The number of aromatic nitrogens is 7. The minimum Gasteiger partial charge on any atom is -0.494 e. The Bertz CT molecular complexity index is 3260. The van der Waals surface area contributed by atoms with Crippen LogP contribution in [0.5, 0.6) is 5.75 Å². The van der Waals surface area contributed by atoms with Gasteiger partial charge in [0.2, 0.25) is 23.6 Å². The number of para-hydroxylation sites is 1. The minimum absolute atomic E-state index is 0.0599. The topological polar surface area (TPSA) is 243 Å². The molecule has 21 nitrogen and oxygen atoms in total. The molecule has 0 spiro atoms. The third-order valence-corrected chi connectivity index (χ3v) is 14.8. The summed E-state index contributed by atoms with van der Waals surface area (Å²) in [6.45, 7) is 7.89. The van der Waals surface area contributed by atoms with Gasteiger partial charge in [-0.3, -0.25) is 53.4 Å². The molecule has 0 unspecified atom stereocenters. The summed E-state index contributed by atoms with van der Waals surface area (Å²) in [5, 5.41) is 17.3. The summed E-state index contributed by atoms with van der Waals surface area (Å²) in [4.78, 5) is 104. The van der Waals surface area contributed by atoms with Gasteiger partial charge in [-0.1, -0.05) is 93.6 Å². The second-order valence-electron chi connectivity index (χ2n) is 22.1. The number of carbonyl (C=O) groups is 6. The fourth-order valence-corrected chi connectivity index (χ4v) is 10.3. The lowest BCUT2D eigenvalue weighted by atomic mass is 10.1. The molecule has 0 saturated heterocycles. The van der Waals surface area contributed by atoms with E-state index in [4.69, 9.17) is 24.7 Å². The molecular formula is C67H82N14O7. The van der Waals surface area contributed by atoms with E-state index in [-0.39, 0.29) is 61.6 Å². The molecule has 1 aliphatic rings. The van der Waals surface area contributed by atoms with Crippen molar-refractivity contribution in [2.45, 2.75) is 150 Å². The number of unbranched alkanes of at least 4 members (excludes halogenated alkanes) is 7. The van der Waals surface area contributed by atoms with E-state index in [0.29, 0.717) is 120 Å². The highest BCUT2D eigenvalue weighted by atomic mass is 16.5. The van der Waals surface area contributed by atoms with Gasteiger partial charge in [-0.15, -0.1) is 5.10 Å². The molecule has 1 aliphatic heterocycles. The number of imide groups is 1. The zero-order valence-electron chi connectivity index (χ0n) is 50.7. The maximum absolute atomic E-state index is 13.9. The minimum atomic E-state index is -0.345. The molecule has 0 saturated carbocycles. The van der Waals surface area contributed by atoms with Gasteiger partial charge in [0.1, 0.15) is 29.6 Å². The molecule has 21 heteroatoms. The van der Waals surface area contributed by atoms with Crippen molar-refractivity contribution in [3.63, 3.8) is 0 Å². The Kier molecular flexibility index (Phi) is 25.7. The van der Waals surface area contributed by atoms with Gasteiger partial charge in [-0.05, 0) is 122 Å². The van der Waals surface area contributed by atoms with Gasteiger partial charge in [0, 0.05) is 96.2 Å². The summed E-state index contributed by atoms with van der Waals surface area (Å²) >= 11 is 0. The van der Waals surface area contributed by atoms with Crippen LogP contribution in [0.3, 0.4) is 0 Å². The number of carbonyl (C=O) groups excluding carboxylic acids is 6. The van der Waals surface area contributed by atoms with E-state index >= 15 is 0 Å². The number of anilines is 2. The number of nitrogens with one attached hydrogen (secondary N) is 3. The first-order chi connectivity index (χ1) is 43.0. The van der Waals surface area contributed by atoms with E-state index < -0.39 is 0 Å². The number of ether oxygens (including phenoxy) is 1. The highest BCUT2D eigenvalue weighted by Gasteiger charge is 2.23. The summed E-state index contributed by atoms with van der Waals surface area (Å²) in [7, 11) is 0. The fourth-order valence-electron chi connectivity index (χ4n) is 10.3. The van der Waals surface area contributed by atoms with Crippen LogP contribution in [-0.2, 0) is 74.7 Å². The average molecular weight is 1200 g/mol. The van der Waals surface area contributed by atoms with E-state index in [2.05, 4.69) is 68.1 Å². The summed E-state index contributed by atoms with van der Waals surface area (Å²) in [6.07, 6.45) is 15.6. The predicted octanol–water partition coefficient (Wildman–Crippen LogP) is 9.70. The Hall–Kier alpha value is -9.08. The van der Waals surface area contributed by atoms with Gasteiger partial charge in [-0.25, -0.2) is 14.6 Å². The van der Waals surface area contributed by atoms with Crippen LogP contribution in [0.2, 0.25) is 0 Å². The maximum atomic E-state index is 13.9. The standard InChI is InChI=1S/C67H82N14O7/c1-3-5-8-30-62(82)73-60-28-20-24-55(71-60)47-77(45-53-22-13-15-35-68-53)43-51-40-52(44-78(46-54-23-14-16-36-69-54)48-56-25-21-29-61(72-56)74-63(83)31-9-6-4-2)42-57(41-51)88-39-19-18-37-79(65(85)32-10-7-17-38-80-66(86)33-34-67(80)87)49-64(84)70-50-81-59-27-12-11-26-58(59)75-76-81/h11-16,20-29,33-36,40-42H,3-10,17-19,30-32,37-39,43-50H2,1-2H3,(H,70,84)(H,71,73,82)(H,72,74,83). The predicted molar refractivity (Wildman–Crippen MR) is 336 cm³/mol. The van der Waals surface area contributed by atoms with Crippen molar-refractivity contribution in [3.8, 4) is 5.75 Å². The summed E-state index contributed by atoms with van der Waals surface area (Å²) in [5.74, 6) is 0.357. The molecule has 0 fully saturated rings. The molecule has 6 amide bonds. The molecule has 0 radical (unpaired) electrons. The van der Waals surface area contributed by atoms with Crippen molar-refractivity contribution >= 4 is 58.1 Å². The van der Waals surface area contributed by atoms with Crippen molar-refractivity contribution in [1.82, 2.24) is 59.8 Å². The number of rotatable bonds is 38. The number of hydrogen-bond acceptors (Lipinski definition) is 15. The van der Waals surface area contributed by atoms with Gasteiger partial charge in [0.15, 0.2) is 0 Å². The number of fused-ring (bicyclic) bond motifs is 1. The summed E-state index contributed by atoms with van der Waals surface area (Å²) in [5.41, 5.74) is 6.74. The molecule has 3 N–H and O–H groups in total. The van der Waals surface area contributed by atoms with E-state index in [9.17, 15) is 28.8 Å². The van der Waals surface area contributed by atoms with Crippen molar-refractivity contribution in [2.75, 3.05) is 36.9 Å². The normalized spacial score (nSPS) is 12.1. The lowest BCUT2D eigenvalue weighted by molar-refractivity contribution is -0.137. The van der Waals surface area contributed by atoms with E-state index in [1.54, 1.807) is 22.0 Å². The van der Waals surface area contributed by atoms with Crippen molar-refractivity contribution in [3.05, 3.63) is 174 Å². The maximum Gasteiger partial charge on any atom is 0.253 e. The molecule has 462 valence electrons. The zero-order valence-corrected chi connectivity index (χ0v) is 50.7. The van der Waals surface area contributed by atoms with Crippen LogP contribution >= 0.6 is 0 Å². The number of pyridine rings is 4. The Morgan fingerprint density at radius 3 is 1.68 bits per heavy atom. The first-order valence-electron chi connectivity index (χ1n) is 30.8. The van der Waals surface area contributed by atoms with Crippen LogP contribution in [-0.4, -0.2) is 116 Å². The quantitative estimate of drug-likeness (QED) is 0.0241. The van der Waals surface area contributed by atoms with Crippen molar-refractivity contribution < 1.29 is 33.5 Å². The molecule has 7 aromatic rings. The fraction of sp³-hybridized carbons (Fsp3) is 0.403. The van der Waals surface area contributed by atoms with Crippen molar-refractivity contribution in [1.29, 1.82) is 0 Å². The molecule has 8 rings (SSSR count). The summed E-state index contributed by atoms with van der Waals surface area (Å²) < 4.78 is 8.26. The first-order valence-corrected chi connectivity index (χ1v) is 30.8. The Morgan fingerprint density at radius 1 is 0.545 bits per heavy atom. The smallest absolute Gasteiger partial charge is 0.253 e. The van der Waals surface area contributed by atoms with Gasteiger partial charge in [0.05, 0.1) is 41.4 Å². The molecule has 2 aromatic carbocycles. The molecular weight excluding hydrogens is 1110 g/mol. The average Bonchev–Trinajstić information content (AvgIpc) is 4.19. The lowest BCUT2D eigenvalue weighted by Crippen LogP contribution is -2.41. The zero-order chi connectivity index (χ0) is 61.7. The lowest BCUT2D eigenvalue weighted by Gasteiger charge is -2.25. The molecule has 5 aromatic heterocycles. The second-order valence-corrected chi connectivity index (χ2v) is 22.1. The molecule has 0 aliphatic carbocycles. The van der Waals surface area contributed by atoms with Crippen LogP contribution in [0.25, 0.3) is 11.0 Å². The molecule has 88 heavy (non-hydrogen) atoms. The monoisotopic (exact) mass is 1190 g/mol. The van der Waals surface area contributed by atoms with Crippen LogP contribution < -0.4 is 20.7 Å². The molecule has 6 heterocycles. The highest BCUT2D eigenvalue weighted by Crippen LogP contribution is 2.25. The molecule has 0 atom stereocenters. The van der Waals surface area contributed by atoms with Crippen LogP contribution in [0.4, 0.5) is 11.6 Å². The highest BCUT2D eigenvalue weighted by molar-refractivity contribution is 6.12. The van der Waals surface area contributed by atoms with E-state index in [1.165, 1.54) is 17.1 Å². The molecule has 0 bridgehead atoms. The summed E-state index contributed by atoms with van der Waals surface area (Å²) in [6, 6.07) is 36.9. The van der Waals surface area contributed by atoms with E-state index in [1.807, 2.05) is 97.1 Å². The van der Waals surface area contributed by atoms with Crippen LogP contribution in [0.1, 0.15) is 138 Å². The number of hydrogen-bond donors (Lipinski definition) is 3. The Balaban J connectivity index is 1.00. The van der Waals surface area contributed by atoms with Crippen molar-refractivity contribution in [2.24, 2.45) is 0 Å². The third-order valence-electron chi connectivity index (χ3n) is 14.8. The van der Waals surface area contributed by atoms with Gasteiger partial charge >= 0.3 is 0 Å². The van der Waals surface area contributed by atoms with Gasteiger partial charge in [-0.2, -0.15) is 0 Å². The van der Waals surface area contributed by atoms with Crippen LogP contribution in [0.15, 0.2) is 140 Å². The van der Waals surface area contributed by atoms with Crippen LogP contribution in [0, 0.1) is 0 Å². The van der Waals surface area contributed by atoms with Gasteiger partial charge < -0.3 is 25.6 Å². The van der Waals surface area contributed by atoms with Gasteiger partial charge in [0.25, 0.3) is 11.8 Å². The SMILES string of the molecule is CCCCCC(=O)Nc1cccc(CN(Cc2cc(CN(Cc3ccccn3)Cc3cccc(NC(=O)CCCCC)n3)cc(OCCCCN(CC(=O)NCn3nnc4ccccc43)C(=O)CCCCCN3C(=O)C=CC3=O)c2)Cc2ccccn2)n1. The number of amides is 6. The largest absolute Gasteiger partial charge is 0.494 e. The van der Waals surface area contributed by atoms with E-state index in [0.717, 1.165) is 77.9 Å². The Morgan fingerprint density at radius 2 is 1.10 bits per heavy atom. The second kappa shape index (κ2) is 34.9. The third kappa shape index (κ3) is 21.7. The first kappa shape index (κ1) is 64.9. The Labute approximate surface area is 515 Å². The number of nitrogens with zero attached hydrogens (tertiary/aromatic N) is 11. The number of benzene rings is 2.